The van der Waals surface area contributed by atoms with Gasteiger partial charge in [0.1, 0.15) is 0 Å². The van der Waals surface area contributed by atoms with Crippen molar-refractivity contribution >= 4 is 17.2 Å². The molecule has 2 nitrogen and oxygen atoms in total. The van der Waals surface area contributed by atoms with Gasteiger partial charge in [0.2, 0.25) is 5.82 Å². The highest BCUT2D eigenvalue weighted by atomic mass is 32.1. The van der Waals surface area contributed by atoms with Crippen LogP contribution in [-0.4, -0.2) is 26.1 Å². The largest absolute Gasteiger partial charge is 0.281 e. The van der Waals surface area contributed by atoms with E-state index in [9.17, 15) is 0 Å². The molecular formula is C6H11N2S+. The zero-order chi connectivity index (χ0) is 6.91. The molecule has 0 bridgehead atoms. The summed E-state index contributed by atoms with van der Waals surface area (Å²) in [6.45, 7) is 0. The van der Waals surface area contributed by atoms with Crippen molar-refractivity contribution in [2.24, 2.45) is 0 Å². The van der Waals surface area contributed by atoms with Crippen molar-refractivity contribution < 1.29 is 0 Å². The molecule has 0 aliphatic heterocycles. The number of aromatic nitrogens is 1. The summed E-state index contributed by atoms with van der Waals surface area (Å²) >= 11 is 1.64. The molecule has 0 saturated heterocycles. The van der Waals surface area contributed by atoms with Gasteiger partial charge < -0.3 is 0 Å². The third-order valence-electron chi connectivity index (χ3n) is 1.11. The van der Waals surface area contributed by atoms with Crippen molar-refractivity contribution in [1.82, 2.24) is 9.47 Å². The quantitative estimate of drug-likeness (QED) is 0.541. The van der Waals surface area contributed by atoms with Crippen LogP contribution < -0.4 is 4.48 Å². The number of rotatable bonds is 1. The van der Waals surface area contributed by atoms with E-state index in [2.05, 4.69) is 31.5 Å². The Morgan fingerprint density at radius 3 is 2.33 bits per heavy atom. The molecule has 3 heteroatoms. The van der Waals surface area contributed by atoms with E-state index in [4.69, 9.17) is 0 Å². The fraction of sp³-hybridized carbons (Fsp3) is 0.500. The Kier molecular flexibility index (Phi) is 1.55. The predicted molar refractivity (Wildman–Crippen MR) is 41.7 cm³/mol. The molecule has 0 spiro atoms. The average Bonchev–Trinajstić information content (AvgIpc) is 2.08. The topological polar surface area (TPSA) is 12.9 Å². The number of thiazole rings is 1. The number of hydrogen-bond donors (Lipinski definition) is 0. The molecule has 50 valence electrons. The highest BCUT2D eigenvalue weighted by Crippen LogP contribution is 2.14. The fourth-order valence-electron chi connectivity index (χ4n) is 0.537. The lowest BCUT2D eigenvalue weighted by Gasteiger charge is -2.19. The summed E-state index contributed by atoms with van der Waals surface area (Å²) < 4.78 is 0.809. The van der Waals surface area contributed by atoms with Crippen LogP contribution in [0, 0.1) is 0 Å². The Hall–Kier alpha value is -0.410. The molecule has 0 unspecified atom stereocenters. The summed E-state index contributed by atoms with van der Waals surface area (Å²) in [5, 5.41) is 2.07. The maximum Gasteiger partial charge on any atom is 0.237 e. The van der Waals surface area contributed by atoms with Gasteiger partial charge in [-0.15, -0.1) is 11.3 Å². The molecule has 0 N–H and O–H groups in total. The summed E-state index contributed by atoms with van der Waals surface area (Å²) in [5.74, 6) is 1.13. The molecule has 0 amide bonds. The Morgan fingerprint density at radius 2 is 2.11 bits per heavy atom. The summed E-state index contributed by atoms with van der Waals surface area (Å²) in [6, 6.07) is 0. The van der Waals surface area contributed by atoms with Crippen molar-refractivity contribution in [3.8, 4) is 0 Å². The molecule has 0 aromatic carbocycles. The molecule has 0 fully saturated rings. The minimum Gasteiger partial charge on any atom is -0.281 e. The van der Waals surface area contributed by atoms with Crippen LogP contribution in [0.5, 0.6) is 0 Å². The highest BCUT2D eigenvalue weighted by Gasteiger charge is 2.12. The second-order valence-corrected chi connectivity index (χ2v) is 3.58. The lowest BCUT2D eigenvalue weighted by Crippen LogP contribution is -2.34. The standard InChI is InChI=1S/C6H11N2S/c1-8(2,3)6-4-9-5-7-6/h4-5H,1-3H3/q+1. The molecule has 0 saturated carbocycles. The Morgan fingerprint density at radius 1 is 1.44 bits per heavy atom. The second-order valence-electron chi connectivity index (χ2n) is 2.86. The number of hydrogen-bond acceptors (Lipinski definition) is 2. The molecule has 1 aromatic rings. The Bertz CT molecular complexity index is 173. The first-order valence-electron chi connectivity index (χ1n) is 2.81. The second kappa shape index (κ2) is 2.08. The van der Waals surface area contributed by atoms with Gasteiger partial charge in [-0.3, -0.25) is 4.48 Å². The van der Waals surface area contributed by atoms with Crippen molar-refractivity contribution in [2.75, 3.05) is 21.1 Å². The van der Waals surface area contributed by atoms with E-state index < -0.39 is 0 Å². The van der Waals surface area contributed by atoms with Gasteiger partial charge in [0.15, 0.2) is 0 Å². The first kappa shape index (κ1) is 6.71. The van der Waals surface area contributed by atoms with Crippen LogP contribution in [0.25, 0.3) is 0 Å². The molecule has 1 aromatic heterocycles. The maximum absolute atomic E-state index is 4.18. The lowest BCUT2D eigenvalue weighted by atomic mass is 10.6. The van der Waals surface area contributed by atoms with E-state index in [-0.39, 0.29) is 0 Å². The first-order chi connectivity index (χ1) is 4.11. The van der Waals surface area contributed by atoms with E-state index in [1.54, 1.807) is 11.3 Å². The predicted octanol–water partition coefficient (Wildman–Crippen LogP) is 1.34. The van der Waals surface area contributed by atoms with Crippen molar-refractivity contribution in [3.63, 3.8) is 0 Å². The van der Waals surface area contributed by atoms with Gasteiger partial charge in [-0.1, -0.05) is 0 Å². The van der Waals surface area contributed by atoms with Gasteiger partial charge >= 0.3 is 0 Å². The summed E-state index contributed by atoms with van der Waals surface area (Å²) in [7, 11) is 6.32. The summed E-state index contributed by atoms with van der Waals surface area (Å²) in [4.78, 5) is 4.18. The molecule has 9 heavy (non-hydrogen) atoms. The smallest absolute Gasteiger partial charge is 0.237 e. The minimum absolute atomic E-state index is 0.809. The van der Waals surface area contributed by atoms with Crippen LogP contribution in [0.2, 0.25) is 0 Å². The van der Waals surface area contributed by atoms with E-state index >= 15 is 0 Å². The maximum atomic E-state index is 4.18. The normalized spacial score (nSPS) is 11.9. The van der Waals surface area contributed by atoms with Gasteiger partial charge in [0, 0.05) is 0 Å². The zero-order valence-electron chi connectivity index (χ0n) is 5.96. The fourth-order valence-corrected chi connectivity index (χ4v) is 1.27. The molecule has 1 heterocycles. The molecule has 0 aliphatic carbocycles. The van der Waals surface area contributed by atoms with E-state index in [0.717, 1.165) is 10.3 Å². The monoisotopic (exact) mass is 143 g/mol. The summed E-state index contributed by atoms with van der Waals surface area (Å²) in [5.41, 5.74) is 1.86. The Labute approximate surface area is 59.4 Å². The third kappa shape index (κ3) is 1.50. The lowest BCUT2D eigenvalue weighted by molar-refractivity contribution is 0.475. The van der Waals surface area contributed by atoms with E-state index in [1.807, 2.05) is 5.51 Å². The van der Waals surface area contributed by atoms with E-state index in [0.29, 0.717) is 0 Å². The summed E-state index contributed by atoms with van der Waals surface area (Å²) in [6.07, 6.45) is 0. The average molecular weight is 143 g/mol. The minimum atomic E-state index is 0.809. The van der Waals surface area contributed by atoms with Crippen molar-refractivity contribution in [2.45, 2.75) is 0 Å². The van der Waals surface area contributed by atoms with Gasteiger partial charge in [0.05, 0.1) is 32.0 Å². The number of quaternary nitrogens is 1. The third-order valence-corrected chi connectivity index (χ3v) is 1.68. The molecule has 1 rings (SSSR count). The van der Waals surface area contributed by atoms with Gasteiger partial charge in [-0.2, -0.15) is 4.98 Å². The van der Waals surface area contributed by atoms with Crippen LogP contribution in [0.1, 0.15) is 0 Å². The SMILES string of the molecule is C[N+](C)(C)c1cscn1. The van der Waals surface area contributed by atoms with Gasteiger partial charge in [-0.25, -0.2) is 0 Å². The van der Waals surface area contributed by atoms with Gasteiger partial charge in [-0.05, 0) is 0 Å². The van der Waals surface area contributed by atoms with Crippen LogP contribution in [0.15, 0.2) is 10.9 Å². The molecular weight excluding hydrogens is 132 g/mol. The molecule has 0 aliphatic rings. The molecule has 0 radical (unpaired) electrons. The van der Waals surface area contributed by atoms with Crippen LogP contribution in [0.4, 0.5) is 5.82 Å². The molecule has 0 atom stereocenters. The van der Waals surface area contributed by atoms with Crippen molar-refractivity contribution in [3.05, 3.63) is 10.9 Å². The number of nitrogens with zero attached hydrogens (tertiary/aromatic N) is 2. The van der Waals surface area contributed by atoms with Crippen LogP contribution in [0.3, 0.4) is 0 Å². The highest BCUT2D eigenvalue weighted by molar-refractivity contribution is 7.07. The zero-order valence-corrected chi connectivity index (χ0v) is 6.77. The van der Waals surface area contributed by atoms with E-state index in [1.165, 1.54) is 0 Å². The Balaban J connectivity index is 2.90. The van der Waals surface area contributed by atoms with Crippen LogP contribution in [-0.2, 0) is 0 Å². The van der Waals surface area contributed by atoms with Crippen LogP contribution >= 0.6 is 11.3 Å². The van der Waals surface area contributed by atoms with Gasteiger partial charge in [0.25, 0.3) is 0 Å². The first-order valence-corrected chi connectivity index (χ1v) is 3.75. The van der Waals surface area contributed by atoms with Crippen molar-refractivity contribution in [1.29, 1.82) is 0 Å².